The van der Waals surface area contributed by atoms with Gasteiger partial charge in [0.15, 0.2) is 5.96 Å². The van der Waals surface area contributed by atoms with Crippen molar-refractivity contribution in [2.45, 2.75) is 38.6 Å². The van der Waals surface area contributed by atoms with Crippen LogP contribution in [0.3, 0.4) is 0 Å². The SMILES string of the molecule is CCNC(=NCC1CCN(S(=O)(=O)C(F)(F)F)CC1)NCCc1csc(C)n1. The molecule has 28 heavy (non-hydrogen) atoms. The Kier molecular flexibility index (Phi) is 8.07. The maximum Gasteiger partial charge on any atom is 0.511 e. The first-order valence-electron chi connectivity index (χ1n) is 9.13. The number of hydrogen-bond acceptors (Lipinski definition) is 5. The lowest BCUT2D eigenvalue weighted by molar-refractivity contribution is -0.0496. The average Bonchev–Trinajstić information content (AvgIpc) is 3.04. The highest BCUT2D eigenvalue weighted by atomic mass is 32.2. The number of thiazole rings is 1. The monoisotopic (exact) mass is 441 g/mol. The molecule has 0 atom stereocenters. The Morgan fingerprint density at radius 2 is 2.04 bits per heavy atom. The number of halogens is 3. The Morgan fingerprint density at radius 1 is 1.36 bits per heavy atom. The lowest BCUT2D eigenvalue weighted by Crippen LogP contribution is -2.45. The zero-order valence-corrected chi connectivity index (χ0v) is 17.6. The third-order valence-corrected chi connectivity index (χ3v) is 6.85. The lowest BCUT2D eigenvalue weighted by atomic mass is 9.98. The summed E-state index contributed by atoms with van der Waals surface area (Å²) in [6.45, 7) is 5.43. The van der Waals surface area contributed by atoms with Crippen molar-refractivity contribution in [2.24, 2.45) is 10.9 Å². The summed E-state index contributed by atoms with van der Waals surface area (Å²) in [6.07, 6.45) is 1.48. The summed E-state index contributed by atoms with van der Waals surface area (Å²) in [5.41, 5.74) is -4.22. The van der Waals surface area contributed by atoms with Crippen LogP contribution >= 0.6 is 11.3 Å². The number of guanidine groups is 1. The number of sulfonamides is 1. The average molecular weight is 442 g/mol. The number of nitrogens with one attached hydrogen (secondary N) is 2. The number of nitrogens with zero attached hydrogens (tertiary/aromatic N) is 3. The van der Waals surface area contributed by atoms with Gasteiger partial charge in [-0.3, -0.25) is 4.99 Å². The fourth-order valence-corrected chi connectivity index (χ4v) is 4.50. The largest absolute Gasteiger partial charge is 0.511 e. The van der Waals surface area contributed by atoms with E-state index in [1.807, 2.05) is 19.2 Å². The van der Waals surface area contributed by atoms with Crippen LogP contribution in [0.25, 0.3) is 0 Å². The van der Waals surface area contributed by atoms with Crippen LogP contribution < -0.4 is 10.6 Å². The van der Waals surface area contributed by atoms with Crippen molar-refractivity contribution in [1.82, 2.24) is 19.9 Å². The highest BCUT2D eigenvalue weighted by Crippen LogP contribution is 2.30. The van der Waals surface area contributed by atoms with Crippen LogP contribution in [-0.2, 0) is 16.4 Å². The van der Waals surface area contributed by atoms with Crippen molar-refractivity contribution in [3.63, 3.8) is 0 Å². The van der Waals surface area contributed by atoms with E-state index in [-0.39, 0.29) is 19.0 Å². The summed E-state index contributed by atoms with van der Waals surface area (Å²) in [7, 11) is -5.23. The first kappa shape index (κ1) is 22.9. The van der Waals surface area contributed by atoms with E-state index in [1.165, 1.54) is 0 Å². The van der Waals surface area contributed by atoms with Crippen molar-refractivity contribution in [1.29, 1.82) is 0 Å². The predicted molar refractivity (Wildman–Crippen MR) is 104 cm³/mol. The van der Waals surface area contributed by atoms with Gasteiger partial charge in [0, 0.05) is 44.5 Å². The van der Waals surface area contributed by atoms with Gasteiger partial charge in [-0.05, 0) is 32.6 Å². The molecule has 1 aliphatic rings. The molecule has 0 unspecified atom stereocenters. The topological polar surface area (TPSA) is 86.7 Å². The first-order chi connectivity index (χ1) is 13.1. The van der Waals surface area contributed by atoms with Gasteiger partial charge in [-0.2, -0.15) is 17.5 Å². The summed E-state index contributed by atoms with van der Waals surface area (Å²) in [4.78, 5) is 8.90. The zero-order valence-electron chi connectivity index (χ0n) is 15.9. The molecule has 1 aromatic rings. The molecule has 0 spiro atoms. The third-order valence-electron chi connectivity index (χ3n) is 4.40. The molecule has 0 saturated carbocycles. The van der Waals surface area contributed by atoms with Gasteiger partial charge in [0.1, 0.15) is 0 Å². The molecule has 1 aliphatic heterocycles. The molecule has 0 aromatic carbocycles. The second-order valence-electron chi connectivity index (χ2n) is 6.55. The van der Waals surface area contributed by atoms with E-state index in [4.69, 9.17) is 0 Å². The molecule has 160 valence electrons. The Balaban J connectivity index is 1.81. The number of aliphatic imine (C=N–C) groups is 1. The zero-order chi connectivity index (χ0) is 20.8. The number of alkyl halides is 3. The van der Waals surface area contributed by atoms with Crippen molar-refractivity contribution in [3.8, 4) is 0 Å². The van der Waals surface area contributed by atoms with Crippen molar-refractivity contribution < 1.29 is 21.6 Å². The third kappa shape index (κ3) is 6.31. The van der Waals surface area contributed by atoms with E-state index in [9.17, 15) is 21.6 Å². The second-order valence-corrected chi connectivity index (χ2v) is 9.54. The number of hydrogen-bond donors (Lipinski definition) is 2. The van der Waals surface area contributed by atoms with E-state index in [2.05, 4.69) is 20.6 Å². The van der Waals surface area contributed by atoms with Crippen LogP contribution in [0.2, 0.25) is 0 Å². The minimum Gasteiger partial charge on any atom is -0.357 e. The Labute approximate surface area is 167 Å². The molecule has 2 heterocycles. The molecular weight excluding hydrogens is 415 g/mol. The number of piperidine rings is 1. The molecule has 0 amide bonds. The van der Waals surface area contributed by atoms with Crippen LogP contribution in [0, 0.1) is 12.8 Å². The lowest BCUT2D eigenvalue weighted by Gasteiger charge is -2.30. The van der Waals surface area contributed by atoms with E-state index in [1.54, 1.807) is 11.3 Å². The molecule has 1 fully saturated rings. The minimum atomic E-state index is -5.24. The van der Waals surface area contributed by atoms with Crippen LogP contribution in [0.4, 0.5) is 13.2 Å². The fourth-order valence-electron chi connectivity index (χ4n) is 2.87. The van der Waals surface area contributed by atoms with Gasteiger partial charge in [-0.1, -0.05) is 0 Å². The summed E-state index contributed by atoms with van der Waals surface area (Å²) < 4.78 is 61.3. The Hall–Kier alpha value is -1.40. The summed E-state index contributed by atoms with van der Waals surface area (Å²) in [5, 5.41) is 9.39. The van der Waals surface area contributed by atoms with Gasteiger partial charge >= 0.3 is 15.5 Å². The first-order valence-corrected chi connectivity index (χ1v) is 11.4. The molecule has 12 heteroatoms. The van der Waals surface area contributed by atoms with Crippen molar-refractivity contribution >= 4 is 27.3 Å². The normalized spacial score (nSPS) is 17.7. The number of rotatable bonds is 7. The second kappa shape index (κ2) is 9.88. The molecule has 1 aromatic heterocycles. The molecule has 1 saturated heterocycles. The molecule has 7 nitrogen and oxygen atoms in total. The summed E-state index contributed by atoms with van der Waals surface area (Å²) >= 11 is 1.60. The smallest absolute Gasteiger partial charge is 0.357 e. The van der Waals surface area contributed by atoms with E-state index in [0.29, 0.717) is 42.7 Å². The Bertz CT molecular complexity index is 757. The van der Waals surface area contributed by atoms with E-state index in [0.717, 1.165) is 17.1 Å². The van der Waals surface area contributed by atoms with Crippen LogP contribution in [0.1, 0.15) is 30.5 Å². The minimum absolute atomic E-state index is 0.0522. The predicted octanol–water partition coefficient (Wildman–Crippen LogP) is 2.11. The summed E-state index contributed by atoms with van der Waals surface area (Å²) in [6, 6.07) is 0. The maximum atomic E-state index is 12.6. The molecular formula is C16H26F3N5O2S2. The van der Waals surface area contributed by atoms with Gasteiger partial charge in [0.25, 0.3) is 0 Å². The molecule has 0 aliphatic carbocycles. The van der Waals surface area contributed by atoms with Gasteiger partial charge in [0.05, 0.1) is 10.7 Å². The highest BCUT2D eigenvalue weighted by Gasteiger charge is 2.50. The number of aryl methyl sites for hydroxylation is 1. The van der Waals surface area contributed by atoms with Gasteiger partial charge in [0.2, 0.25) is 0 Å². The van der Waals surface area contributed by atoms with Crippen LogP contribution in [0.15, 0.2) is 10.4 Å². The summed E-state index contributed by atoms with van der Waals surface area (Å²) in [5.74, 6) is 0.691. The van der Waals surface area contributed by atoms with E-state index < -0.39 is 15.5 Å². The molecule has 0 radical (unpaired) electrons. The highest BCUT2D eigenvalue weighted by molar-refractivity contribution is 7.90. The van der Waals surface area contributed by atoms with Gasteiger partial charge in [-0.15, -0.1) is 11.3 Å². The molecule has 2 N–H and O–H groups in total. The van der Waals surface area contributed by atoms with Crippen molar-refractivity contribution in [2.75, 3.05) is 32.7 Å². The van der Waals surface area contributed by atoms with Crippen LogP contribution in [-0.4, -0.2) is 61.9 Å². The van der Waals surface area contributed by atoms with Gasteiger partial charge < -0.3 is 10.6 Å². The fraction of sp³-hybridized carbons (Fsp3) is 0.750. The number of aromatic nitrogens is 1. The molecule has 2 rings (SSSR count). The quantitative estimate of drug-likeness (QED) is 0.500. The van der Waals surface area contributed by atoms with Crippen LogP contribution in [0.5, 0.6) is 0 Å². The standard InChI is InChI=1S/C16H26F3N5O2S2/c1-3-20-15(21-7-4-14-11-27-12(2)23-14)22-10-13-5-8-24(9-6-13)28(25,26)16(17,18)19/h11,13H,3-10H2,1-2H3,(H2,20,21,22). The van der Waals surface area contributed by atoms with E-state index >= 15 is 0 Å². The maximum absolute atomic E-state index is 12.6. The van der Waals surface area contributed by atoms with Crippen molar-refractivity contribution in [3.05, 3.63) is 16.1 Å². The Morgan fingerprint density at radius 3 is 2.57 bits per heavy atom. The van der Waals surface area contributed by atoms with Gasteiger partial charge in [-0.25, -0.2) is 13.4 Å². The molecule has 0 bridgehead atoms.